The molecule has 1 aliphatic rings. The number of hydrogen-bond donors (Lipinski definition) is 3. The fraction of sp³-hybridized carbons (Fsp3) is 0.421. The minimum Gasteiger partial charge on any atom is -0.365 e. The van der Waals surface area contributed by atoms with Crippen LogP contribution in [0.1, 0.15) is 35.7 Å². The number of primary amides is 1. The molecule has 0 spiro atoms. The molecule has 13 heteroatoms. The molecule has 1 aromatic heterocycles. The molecule has 1 aliphatic carbocycles. The van der Waals surface area contributed by atoms with E-state index in [0.717, 1.165) is 30.7 Å². The monoisotopic (exact) mass is 470 g/mol. The maximum absolute atomic E-state index is 12.7. The number of amides is 1. The van der Waals surface area contributed by atoms with Crippen molar-refractivity contribution in [2.24, 2.45) is 11.7 Å². The first-order valence-corrected chi connectivity index (χ1v) is 11.1. The zero-order valence-corrected chi connectivity index (χ0v) is 17.7. The van der Waals surface area contributed by atoms with Crippen molar-refractivity contribution in [2.75, 3.05) is 12.4 Å². The molecule has 4 N–H and O–H groups in total. The zero-order chi connectivity index (χ0) is 23.7. The molecule has 172 valence electrons. The highest BCUT2D eigenvalue weighted by molar-refractivity contribution is 7.92. The third-order valence-electron chi connectivity index (χ3n) is 5.46. The molecule has 3 rings (SSSR count). The predicted molar refractivity (Wildman–Crippen MR) is 109 cm³/mol. The Kier molecular flexibility index (Phi) is 6.47. The quantitative estimate of drug-likeness (QED) is 0.588. The molecule has 1 aromatic carbocycles. The molecule has 0 bridgehead atoms. The minimum atomic E-state index is -5.47. The number of alkyl halides is 3. The second kappa shape index (κ2) is 8.79. The number of rotatable bonds is 6. The average molecular weight is 470 g/mol. The van der Waals surface area contributed by atoms with Crippen LogP contribution < -0.4 is 16.4 Å². The lowest BCUT2D eigenvalue weighted by molar-refractivity contribution is -0.0436. The van der Waals surface area contributed by atoms with Gasteiger partial charge in [-0.15, -0.1) is 0 Å². The number of aromatic nitrogens is 2. The fourth-order valence-electron chi connectivity index (χ4n) is 3.69. The number of benzene rings is 1. The zero-order valence-electron chi connectivity index (χ0n) is 16.9. The van der Waals surface area contributed by atoms with E-state index >= 15 is 0 Å². The van der Waals surface area contributed by atoms with Gasteiger partial charge in [-0.2, -0.15) is 23.5 Å². The van der Waals surface area contributed by atoms with Gasteiger partial charge in [-0.1, -0.05) is 0 Å². The van der Waals surface area contributed by atoms with Crippen LogP contribution in [0.15, 0.2) is 35.4 Å². The minimum absolute atomic E-state index is 0.0319. The summed E-state index contributed by atoms with van der Waals surface area (Å²) in [4.78, 5) is 11.0. The molecule has 1 amide bonds. The van der Waals surface area contributed by atoms with Crippen LogP contribution in [0.4, 0.5) is 24.7 Å². The average Bonchev–Trinajstić information content (AvgIpc) is 3.16. The van der Waals surface area contributed by atoms with E-state index < -0.39 is 26.1 Å². The Balaban J connectivity index is 1.87. The van der Waals surface area contributed by atoms with Crippen LogP contribution >= 0.6 is 0 Å². The van der Waals surface area contributed by atoms with E-state index in [4.69, 9.17) is 5.73 Å². The van der Waals surface area contributed by atoms with Crippen molar-refractivity contribution in [3.63, 3.8) is 0 Å². The summed E-state index contributed by atoms with van der Waals surface area (Å²) in [6.07, 6.45) is 3.50. The maximum atomic E-state index is 12.7. The number of nitriles is 1. The van der Waals surface area contributed by atoms with Crippen molar-refractivity contribution >= 4 is 27.2 Å². The number of nitrogens with one attached hydrogen (secondary N) is 2. The summed E-state index contributed by atoms with van der Waals surface area (Å²) in [6.45, 7) is 0. The summed E-state index contributed by atoms with van der Waals surface area (Å²) in [6, 6.07) is 6.04. The number of halogens is 3. The lowest BCUT2D eigenvalue weighted by atomic mass is 9.82. The largest absolute Gasteiger partial charge is 0.501 e. The number of carbonyl (C=O) groups is 1. The second-order valence-corrected chi connectivity index (χ2v) is 9.38. The molecular weight excluding hydrogens is 449 g/mol. The Bertz CT molecular complexity index is 1140. The van der Waals surface area contributed by atoms with Crippen molar-refractivity contribution < 1.29 is 26.4 Å². The SMILES string of the molecule is CN[C@H]1CC[C@H](n2cc(C(N)=O)c(Nc3ccc(S(=O)(=O)C(F)(F)F)cc3)n2)[C@@H](C#N)C1. The Morgan fingerprint density at radius 2 is 1.94 bits per heavy atom. The molecule has 1 fully saturated rings. The van der Waals surface area contributed by atoms with Crippen LogP contribution in [0.3, 0.4) is 0 Å². The van der Waals surface area contributed by atoms with Crippen molar-refractivity contribution in [1.82, 2.24) is 15.1 Å². The predicted octanol–water partition coefficient (Wildman–Crippen LogP) is 2.47. The van der Waals surface area contributed by atoms with Gasteiger partial charge < -0.3 is 16.4 Å². The molecule has 3 atom stereocenters. The molecule has 32 heavy (non-hydrogen) atoms. The van der Waals surface area contributed by atoms with Gasteiger partial charge in [0.2, 0.25) is 0 Å². The maximum Gasteiger partial charge on any atom is 0.501 e. The van der Waals surface area contributed by atoms with Crippen molar-refractivity contribution in [3.8, 4) is 6.07 Å². The van der Waals surface area contributed by atoms with E-state index in [1.807, 2.05) is 7.05 Å². The number of anilines is 2. The Hall–Kier alpha value is -3.11. The number of sulfone groups is 1. The molecule has 0 radical (unpaired) electrons. The van der Waals surface area contributed by atoms with Gasteiger partial charge in [-0.05, 0) is 50.6 Å². The fourth-order valence-corrected chi connectivity index (χ4v) is 4.46. The van der Waals surface area contributed by atoms with Gasteiger partial charge in [0.05, 0.1) is 22.9 Å². The van der Waals surface area contributed by atoms with E-state index in [-0.39, 0.29) is 35.1 Å². The van der Waals surface area contributed by atoms with E-state index in [2.05, 4.69) is 21.8 Å². The topological polar surface area (TPSA) is 143 Å². The molecule has 1 heterocycles. The normalized spacial score (nSPS) is 21.7. The second-order valence-electron chi connectivity index (χ2n) is 7.44. The van der Waals surface area contributed by atoms with E-state index in [9.17, 15) is 31.6 Å². The molecule has 2 aromatic rings. The van der Waals surface area contributed by atoms with Crippen molar-refractivity contribution in [2.45, 2.75) is 41.7 Å². The van der Waals surface area contributed by atoms with Crippen LogP contribution in [0.2, 0.25) is 0 Å². The summed E-state index contributed by atoms with van der Waals surface area (Å²) >= 11 is 0. The van der Waals surface area contributed by atoms with Gasteiger partial charge in [-0.3, -0.25) is 9.48 Å². The summed E-state index contributed by atoms with van der Waals surface area (Å²) < 4.78 is 62.6. The standard InChI is InChI=1S/C19H21F3N6O3S/c1-25-13-4-7-16(11(8-13)9-23)28-10-15(17(24)29)18(27-28)26-12-2-5-14(6-3-12)32(30,31)19(20,21)22/h2-3,5-6,10-11,13,16,25H,4,7-8H2,1H3,(H2,24,29)(H,26,27)/t11-,13+,16+/m1/s1. The van der Waals surface area contributed by atoms with Crippen molar-refractivity contribution in [3.05, 3.63) is 36.0 Å². The third kappa shape index (κ3) is 4.56. The molecule has 1 saturated carbocycles. The highest BCUT2D eigenvalue weighted by Crippen LogP contribution is 2.35. The summed E-state index contributed by atoms with van der Waals surface area (Å²) in [5, 5.41) is 19.8. The van der Waals surface area contributed by atoms with Gasteiger partial charge in [-0.25, -0.2) is 8.42 Å². The molecule has 9 nitrogen and oxygen atoms in total. The van der Waals surface area contributed by atoms with Crippen LogP contribution in [0.5, 0.6) is 0 Å². The molecule has 0 saturated heterocycles. The van der Waals surface area contributed by atoms with Gasteiger partial charge in [0.25, 0.3) is 15.7 Å². The molecule has 0 unspecified atom stereocenters. The van der Waals surface area contributed by atoms with E-state index in [1.54, 1.807) is 0 Å². The van der Waals surface area contributed by atoms with Crippen LogP contribution in [-0.2, 0) is 9.84 Å². The highest BCUT2D eigenvalue weighted by atomic mass is 32.2. The smallest absolute Gasteiger partial charge is 0.365 e. The Morgan fingerprint density at radius 1 is 1.28 bits per heavy atom. The van der Waals surface area contributed by atoms with E-state index in [0.29, 0.717) is 12.8 Å². The molecule has 0 aliphatic heterocycles. The van der Waals surface area contributed by atoms with Gasteiger partial charge in [0.15, 0.2) is 5.82 Å². The summed E-state index contributed by atoms with van der Waals surface area (Å²) in [5.41, 5.74) is 0.261. The first kappa shape index (κ1) is 23.6. The first-order valence-electron chi connectivity index (χ1n) is 9.62. The summed E-state index contributed by atoms with van der Waals surface area (Å²) in [5.74, 6) is -1.08. The number of carbonyl (C=O) groups excluding carboxylic acids is 1. The van der Waals surface area contributed by atoms with Gasteiger partial charge in [0.1, 0.15) is 5.56 Å². The first-order chi connectivity index (χ1) is 15.0. The van der Waals surface area contributed by atoms with Crippen LogP contribution in [0, 0.1) is 17.2 Å². The Labute approximate surface area is 182 Å². The number of hydrogen-bond acceptors (Lipinski definition) is 7. The third-order valence-corrected chi connectivity index (χ3v) is 6.96. The lowest BCUT2D eigenvalue weighted by Crippen LogP contribution is -2.36. The van der Waals surface area contributed by atoms with Crippen LogP contribution in [-0.4, -0.2) is 42.7 Å². The van der Waals surface area contributed by atoms with Gasteiger partial charge in [0, 0.05) is 17.9 Å². The molecular formula is C19H21F3N6O3S. The van der Waals surface area contributed by atoms with Crippen molar-refractivity contribution in [1.29, 1.82) is 5.26 Å². The lowest BCUT2D eigenvalue weighted by Gasteiger charge is -2.32. The number of nitrogens with two attached hydrogens (primary N) is 1. The van der Waals surface area contributed by atoms with Gasteiger partial charge >= 0.3 is 5.51 Å². The highest BCUT2D eigenvalue weighted by Gasteiger charge is 2.46. The number of nitrogens with zero attached hydrogens (tertiary/aromatic N) is 3. The van der Waals surface area contributed by atoms with E-state index in [1.165, 1.54) is 10.9 Å². The summed E-state index contributed by atoms with van der Waals surface area (Å²) in [7, 11) is -3.65. The Morgan fingerprint density at radius 3 is 2.47 bits per heavy atom. The van der Waals surface area contributed by atoms with Crippen LogP contribution in [0.25, 0.3) is 0 Å².